The molecule has 0 bridgehead atoms. The molecule has 0 heterocycles. The molecule has 0 spiro atoms. The number of hydrogen-bond donors (Lipinski definition) is 0. The Morgan fingerprint density at radius 3 is 2.70 bits per heavy atom. The van der Waals surface area contributed by atoms with Gasteiger partial charge in [-0.15, -0.1) is 0 Å². The number of rotatable bonds is 6. The summed E-state index contributed by atoms with van der Waals surface area (Å²) in [4.78, 5) is 1.11. The lowest BCUT2D eigenvalue weighted by Crippen LogP contribution is -1.94. The van der Waals surface area contributed by atoms with Gasteiger partial charge >= 0.3 is 0 Å². The summed E-state index contributed by atoms with van der Waals surface area (Å²) in [6.07, 6.45) is 9.49. The minimum atomic E-state index is 0.866. The fourth-order valence-corrected chi connectivity index (χ4v) is 4.59. The molecular weight excluding hydrogens is 463 g/mol. The third kappa shape index (κ3) is 5.41. The molecule has 0 unspecified atom stereocenters. The Morgan fingerprint density at radius 1 is 1.15 bits per heavy atom. The van der Waals surface area contributed by atoms with Crippen LogP contribution in [0.25, 0.3) is 4.91 Å². The lowest BCUT2D eigenvalue weighted by atomic mass is 10.00. The van der Waals surface area contributed by atoms with Gasteiger partial charge in [0.05, 0.1) is 7.11 Å². The van der Waals surface area contributed by atoms with Crippen LogP contribution >= 0.6 is 34.4 Å². The van der Waals surface area contributed by atoms with Crippen molar-refractivity contribution in [1.82, 2.24) is 0 Å². The van der Waals surface area contributed by atoms with Gasteiger partial charge in [-0.1, -0.05) is 55.1 Å². The average Bonchev–Trinajstić information content (AvgIpc) is 2.92. The molecule has 0 N–H and O–H groups in total. The molecule has 0 amide bonds. The molecule has 0 aliphatic heterocycles. The molecule has 1 aliphatic carbocycles. The summed E-state index contributed by atoms with van der Waals surface area (Å²) in [5.41, 5.74) is 6.83. The summed E-state index contributed by atoms with van der Waals surface area (Å²) in [6.45, 7) is 6.43. The Kier molecular flexibility index (Phi) is 7.48. The minimum absolute atomic E-state index is 0.866. The van der Waals surface area contributed by atoms with Crippen LogP contribution in [0.5, 0.6) is 5.75 Å². The fraction of sp³-hybridized carbons (Fsp3) is 0.333. The van der Waals surface area contributed by atoms with Crippen LogP contribution in [0.4, 0.5) is 0 Å². The second kappa shape index (κ2) is 9.83. The van der Waals surface area contributed by atoms with Crippen molar-refractivity contribution < 1.29 is 4.74 Å². The highest BCUT2D eigenvalue weighted by Gasteiger charge is 2.10. The van der Waals surface area contributed by atoms with Gasteiger partial charge in [0, 0.05) is 8.48 Å². The minimum Gasteiger partial charge on any atom is -0.496 e. The summed E-state index contributed by atoms with van der Waals surface area (Å²) < 4.78 is 6.77. The molecule has 2 aromatic carbocycles. The van der Waals surface area contributed by atoms with E-state index in [1.807, 2.05) is 0 Å². The highest BCUT2D eigenvalue weighted by molar-refractivity contribution is 14.1. The van der Waals surface area contributed by atoms with Gasteiger partial charge in [-0.3, -0.25) is 0 Å². The molecule has 1 nitrogen and oxygen atoms in total. The molecular formula is C24H27IOS. The molecule has 0 aromatic heterocycles. The smallest absolute Gasteiger partial charge is 0.123 e. The molecule has 0 fully saturated rings. The first-order chi connectivity index (χ1) is 13.1. The average molecular weight is 490 g/mol. The largest absolute Gasteiger partial charge is 0.496 e. The Labute approximate surface area is 181 Å². The first-order valence-corrected chi connectivity index (χ1v) is 11.5. The van der Waals surface area contributed by atoms with E-state index in [2.05, 4.69) is 77.9 Å². The van der Waals surface area contributed by atoms with Crippen molar-refractivity contribution in [3.8, 4) is 5.75 Å². The van der Waals surface area contributed by atoms with E-state index in [0.717, 1.165) is 17.1 Å². The maximum absolute atomic E-state index is 5.53. The van der Waals surface area contributed by atoms with Crippen molar-refractivity contribution in [1.29, 1.82) is 0 Å². The predicted molar refractivity (Wildman–Crippen MR) is 128 cm³/mol. The van der Waals surface area contributed by atoms with Gasteiger partial charge < -0.3 is 4.74 Å². The van der Waals surface area contributed by atoms with E-state index in [0.29, 0.717) is 0 Å². The standard InChI is InChI=1S/C24H27IOS/c1-17-14-22(24(26-3)16-23(17)25)10-7-13-27-18(2)20-12-11-19-8-5-4-6-9-21(19)15-20/h7,11-16H,2,4-6,8-10H2,1,3H3/b13-7+. The normalized spacial score (nSPS) is 14.0. The number of fused-ring (bicyclic) bond motifs is 1. The first-order valence-electron chi connectivity index (χ1n) is 9.54. The summed E-state index contributed by atoms with van der Waals surface area (Å²) >= 11 is 4.06. The zero-order chi connectivity index (χ0) is 19.2. The molecule has 0 radical (unpaired) electrons. The van der Waals surface area contributed by atoms with Gasteiger partial charge in [-0.05, 0) is 101 Å². The number of ether oxygens (including phenoxy) is 1. The van der Waals surface area contributed by atoms with Crippen LogP contribution in [0.2, 0.25) is 0 Å². The van der Waals surface area contributed by atoms with E-state index in [1.54, 1.807) is 18.9 Å². The van der Waals surface area contributed by atoms with Crippen LogP contribution in [0.1, 0.15) is 47.1 Å². The van der Waals surface area contributed by atoms with Crippen LogP contribution in [0.3, 0.4) is 0 Å². The molecule has 3 rings (SSSR count). The van der Waals surface area contributed by atoms with Crippen LogP contribution in [-0.2, 0) is 19.3 Å². The number of thioether (sulfide) groups is 1. The van der Waals surface area contributed by atoms with Gasteiger partial charge in [0.2, 0.25) is 0 Å². The van der Waals surface area contributed by atoms with E-state index in [9.17, 15) is 0 Å². The van der Waals surface area contributed by atoms with E-state index in [-0.39, 0.29) is 0 Å². The first kappa shape index (κ1) is 20.5. The van der Waals surface area contributed by atoms with Crippen LogP contribution in [0, 0.1) is 10.5 Å². The monoisotopic (exact) mass is 490 g/mol. The van der Waals surface area contributed by atoms with E-state index < -0.39 is 0 Å². The van der Waals surface area contributed by atoms with Crippen molar-refractivity contribution in [2.75, 3.05) is 7.11 Å². The van der Waals surface area contributed by atoms with Crippen LogP contribution < -0.4 is 4.74 Å². The third-order valence-electron chi connectivity index (χ3n) is 5.13. The third-order valence-corrected chi connectivity index (χ3v) is 7.14. The number of halogens is 1. The van der Waals surface area contributed by atoms with E-state index >= 15 is 0 Å². The topological polar surface area (TPSA) is 9.23 Å². The number of aryl methyl sites for hydroxylation is 3. The number of methoxy groups -OCH3 is 1. The Bertz CT molecular complexity index is 854. The quantitative estimate of drug-likeness (QED) is 0.310. The van der Waals surface area contributed by atoms with Crippen molar-refractivity contribution >= 4 is 39.3 Å². The van der Waals surface area contributed by atoms with Crippen molar-refractivity contribution in [3.05, 3.63) is 79.8 Å². The zero-order valence-corrected chi connectivity index (χ0v) is 19.2. The van der Waals surface area contributed by atoms with Crippen molar-refractivity contribution in [2.45, 2.75) is 45.4 Å². The van der Waals surface area contributed by atoms with Crippen molar-refractivity contribution in [2.24, 2.45) is 0 Å². The Morgan fingerprint density at radius 2 is 1.93 bits per heavy atom. The van der Waals surface area contributed by atoms with Gasteiger partial charge in [-0.25, -0.2) is 0 Å². The number of allylic oxidation sites excluding steroid dienone is 1. The van der Waals surface area contributed by atoms with E-state index in [4.69, 9.17) is 4.74 Å². The van der Waals surface area contributed by atoms with E-state index in [1.165, 1.54) is 63.5 Å². The van der Waals surface area contributed by atoms with Crippen LogP contribution in [0.15, 0.2) is 48.4 Å². The highest BCUT2D eigenvalue weighted by atomic mass is 127. The summed E-state index contributed by atoms with van der Waals surface area (Å²) in [5, 5.41) is 2.15. The zero-order valence-electron chi connectivity index (χ0n) is 16.2. The predicted octanol–water partition coefficient (Wildman–Crippen LogP) is 7.34. The summed E-state index contributed by atoms with van der Waals surface area (Å²) in [7, 11) is 1.74. The lowest BCUT2D eigenvalue weighted by molar-refractivity contribution is 0.410. The molecule has 1 aliphatic rings. The second-order valence-corrected chi connectivity index (χ2v) is 9.24. The Balaban J connectivity index is 1.62. The molecule has 0 saturated carbocycles. The molecule has 3 heteroatoms. The molecule has 142 valence electrons. The molecule has 0 saturated heterocycles. The maximum atomic E-state index is 5.53. The number of hydrogen-bond acceptors (Lipinski definition) is 2. The van der Waals surface area contributed by atoms with Gasteiger partial charge in [0.1, 0.15) is 5.75 Å². The van der Waals surface area contributed by atoms with Crippen molar-refractivity contribution in [3.63, 3.8) is 0 Å². The summed E-state index contributed by atoms with van der Waals surface area (Å²) in [5.74, 6) is 0.962. The molecule has 27 heavy (non-hydrogen) atoms. The SMILES string of the molecule is C=C(S/C=C/Cc1cc(C)c(I)cc1OC)c1ccc2c(c1)CCCCC2. The summed E-state index contributed by atoms with van der Waals surface area (Å²) in [6, 6.07) is 11.2. The lowest BCUT2D eigenvalue weighted by Gasteiger charge is -2.10. The van der Waals surface area contributed by atoms with Crippen LogP contribution in [-0.4, -0.2) is 7.11 Å². The highest BCUT2D eigenvalue weighted by Crippen LogP contribution is 2.31. The van der Waals surface area contributed by atoms with Gasteiger partial charge in [0.25, 0.3) is 0 Å². The maximum Gasteiger partial charge on any atom is 0.123 e. The number of benzene rings is 2. The second-order valence-electron chi connectivity index (χ2n) is 7.07. The fourth-order valence-electron chi connectivity index (χ4n) is 3.53. The Hall–Kier alpha value is -1.20. The van der Waals surface area contributed by atoms with Gasteiger partial charge in [-0.2, -0.15) is 0 Å². The molecule has 2 aromatic rings. The van der Waals surface area contributed by atoms with Gasteiger partial charge in [0.15, 0.2) is 0 Å². The molecule has 0 atom stereocenters.